The Labute approximate surface area is 131 Å². The molecule has 0 saturated heterocycles. The molecule has 0 aliphatic rings. The van der Waals surface area contributed by atoms with Gasteiger partial charge >= 0.3 is 5.97 Å². The highest BCUT2D eigenvalue weighted by Crippen LogP contribution is 2.40. The molecule has 5 nitrogen and oxygen atoms in total. The Morgan fingerprint density at radius 1 is 1.33 bits per heavy atom. The Balaban J connectivity index is 2.46. The molecule has 0 aliphatic carbocycles. The minimum atomic E-state index is -1.06. The van der Waals surface area contributed by atoms with Crippen molar-refractivity contribution in [2.45, 2.75) is 13.8 Å². The van der Waals surface area contributed by atoms with Crippen LogP contribution in [0.1, 0.15) is 24.3 Å². The molecular formula is C14H14ClNO4S. The predicted molar refractivity (Wildman–Crippen MR) is 81.9 cm³/mol. The van der Waals surface area contributed by atoms with Gasteiger partial charge in [-0.3, -0.25) is 0 Å². The zero-order valence-electron chi connectivity index (χ0n) is 11.6. The predicted octanol–water partition coefficient (Wildman–Crippen LogP) is 3.96. The molecule has 2 aromatic rings. The number of benzene rings is 1. The zero-order chi connectivity index (χ0) is 15.4. The van der Waals surface area contributed by atoms with Crippen molar-refractivity contribution in [3.05, 3.63) is 28.2 Å². The lowest BCUT2D eigenvalue weighted by molar-refractivity contribution is 0.0691. The lowest BCUT2D eigenvalue weighted by atomic mass is 10.2. The number of halogens is 1. The number of rotatable bonds is 6. The van der Waals surface area contributed by atoms with Gasteiger partial charge in [0.15, 0.2) is 17.2 Å². The third-order valence-corrected chi connectivity index (χ3v) is 3.74. The van der Waals surface area contributed by atoms with Crippen LogP contribution in [0.15, 0.2) is 17.5 Å². The number of aromatic nitrogens is 1. The Morgan fingerprint density at radius 3 is 2.62 bits per heavy atom. The highest BCUT2D eigenvalue weighted by Gasteiger charge is 2.16. The third kappa shape index (κ3) is 3.46. The average molecular weight is 328 g/mol. The summed E-state index contributed by atoms with van der Waals surface area (Å²) in [6.07, 6.45) is 0. The fourth-order valence-corrected chi connectivity index (χ4v) is 2.79. The quantitative estimate of drug-likeness (QED) is 0.869. The molecule has 2 rings (SSSR count). The molecular weight excluding hydrogens is 314 g/mol. The summed E-state index contributed by atoms with van der Waals surface area (Å²) in [7, 11) is 0. The Morgan fingerprint density at radius 2 is 2.05 bits per heavy atom. The van der Waals surface area contributed by atoms with E-state index in [-0.39, 0.29) is 5.69 Å². The summed E-state index contributed by atoms with van der Waals surface area (Å²) < 4.78 is 11.0. The van der Waals surface area contributed by atoms with Crippen molar-refractivity contribution in [2.24, 2.45) is 0 Å². The Kier molecular flexibility index (Phi) is 5.03. The minimum absolute atomic E-state index is 0.0120. The maximum atomic E-state index is 10.9. The molecule has 0 aliphatic heterocycles. The smallest absolute Gasteiger partial charge is 0.355 e. The molecule has 1 aromatic carbocycles. The van der Waals surface area contributed by atoms with E-state index in [2.05, 4.69) is 4.98 Å². The van der Waals surface area contributed by atoms with Crippen molar-refractivity contribution in [3.8, 4) is 22.1 Å². The fraction of sp³-hybridized carbons (Fsp3) is 0.286. The van der Waals surface area contributed by atoms with Crippen LogP contribution in [0.25, 0.3) is 10.6 Å². The topological polar surface area (TPSA) is 68.7 Å². The van der Waals surface area contributed by atoms with Crippen molar-refractivity contribution in [3.63, 3.8) is 0 Å². The molecule has 0 saturated carbocycles. The highest BCUT2D eigenvalue weighted by molar-refractivity contribution is 7.13. The van der Waals surface area contributed by atoms with E-state index in [9.17, 15) is 4.79 Å². The lowest BCUT2D eigenvalue weighted by Gasteiger charge is -2.13. The maximum absolute atomic E-state index is 10.9. The minimum Gasteiger partial charge on any atom is -0.490 e. The van der Waals surface area contributed by atoms with E-state index >= 15 is 0 Å². The molecule has 0 fully saturated rings. The summed E-state index contributed by atoms with van der Waals surface area (Å²) in [6.45, 7) is 4.67. The average Bonchev–Trinajstić information content (AvgIpc) is 2.92. The first-order valence-electron chi connectivity index (χ1n) is 6.35. The number of aromatic carboxylic acids is 1. The number of carbonyl (C=O) groups is 1. The van der Waals surface area contributed by atoms with Crippen molar-refractivity contribution in [2.75, 3.05) is 13.2 Å². The molecule has 0 atom stereocenters. The first-order chi connectivity index (χ1) is 10.1. The molecule has 1 heterocycles. The number of hydrogen-bond acceptors (Lipinski definition) is 5. The van der Waals surface area contributed by atoms with Crippen LogP contribution in [0.3, 0.4) is 0 Å². The summed E-state index contributed by atoms with van der Waals surface area (Å²) in [6, 6.07) is 3.45. The lowest BCUT2D eigenvalue weighted by Crippen LogP contribution is -2.00. The van der Waals surface area contributed by atoms with Crippen LogP contribution in [-0.2, 0) is 0 Å². The molecule has 0 radical (unpaired) electrons. The normalized spacial score (nSPS) is 10.4. The van der Waals surface area contributed by atoms with E-state index in [0.29, 0.717) is 40.3 Å². The molecule has 21 heavy (non-hydrogen) atoms. The second-order valence-corrected chi connectivity index (χ2v) is 5.26. The first-order valence-corrected chi connectivity index (χ1v) is 7.60. The number of nitrogens with zero attached hydrogens (tertiary/aromatic N) is 1. The van der Waals surface area contributed by atoms with Crippen LogP contribution < -0.4 is 9.47 Å². The molecule has 1 aromatic heterocycles. The van der Waals surface area contributed by atoms with Gasteiger partial charge in [0.25, 0.3) is 0 Å². The van der Waals surface area contributed by atoms with Crippen LogP contribution in [0.4, 0.5) is 0 Å². The van der Waals surface area contributed by atoms with Crippen LogP contribution in [0.5, 0.6) is 11.5 Å². The summed E-state index contributed by atoms with van der Waals surface area (Å²) in [5, 5.41) is 11.4. The van der Waals surface area contributed by atoms with Crippen molar-refractivity contribution in [1.29, 1.82) is 0 Å². The van der Waals surface area contributed by atoms with Gasteiger partial charge in [0.05, 0.1) is 18.2 Å². The second-order valence-electron chi connectivity index (χ2n) is 3.99. The van der Waals surface area contributed by atoms with Gasteiger partial charge in [0, 0.05) is 10.9 Å². The van der Waals surface area contributed by atoms with Gasteiger partial charge in [-0.25, -0.2) is 9.78 Å². The number of carboxylic acids is 1. The Bertz CT molecular complexity index is 656. The molecule has 0 amide bonds. The monoisotopic (exact) mass is 327 g/mol. The number of thiazole rings is 1. The van der Waals surface area contributed by atoms with Crippen LogP contribution >= 0.6 is 22.9 Å². The van der Waals surface area contributed by atoms with Crippen molar-refractivity contribution >= 4 is 28.9 Å². The van der Waals surface area contributed by atoms with Crippen molar-refractivity contribution in [1.82, 2.24) is 4.98 Å². The molecule has 0 spiro atoms. The van der Waals surface area contributed by atoms with E-state index in [1.165, 1.54) is 16.7 Å². The van der Waals surface area contributed by atoms with Gasteiger partial charge < -0.3 is 14.6 Å². The van der Waals surface area contributed by atoms with Gasteiger partial charge in [0.2, 0.25) is 0 Å². The van der Waals surface area contributed by atoms with E-state index in [4.69, 9.17) is 26.2 Å². The SMILES string of the molecule is CCOc1cc(-c2nc(C(=O)O)cs2)cc(Cl)c1OCC. The van der Waals surface area contributed by atoms with E-state index < -0.39 is 5.97 Å². The molecule has 0 bridgehead atoms. The van der Waals surface area contributed by atoms with Gasteiger partial charge in [0.1, 0.15) is 5.01 Å². The molecule has 1 N–H and O–H groups in total. The number of carboxylic acid groups (broad SMARTS) is 1. The van der Waals surface area contributed by atoms with Crippen LogP contribution in [0, 0.1) is 0 Å². The van der Waals surface area contributed by atoms with Gasteiger partial charge in [-0.15, -0.1) is 11.3 Å². The van der Waals surface area contributed by atoms with E-state index in [0.717, 1.165) is 0 Å². The van der Waals surface area contributed by atoms with E-state index in [1.807, 2.05) is 13.8 Å². The summed E-state index contributed by atoms with van der Waals surface area (Å²) in [5.41, 5.74) is 0.711. The third-order valence-electron chi connectivity index (χ3n) is 2.57. The van der Waals surface area contributed by atoms with E-state index in [1.54, 1.807) is 12.1 Å². The standard InChI is InChI=1S/C14H14ClNO4S/c1-3-19-11-6-8(5-9(15)12(11)20-4-2)13-16-10(7-21-13)14(17)18/h5-7H,3-4H2,1-2H3,(H,17,18). The van der Waals surface area contributed by atoms with Gasteiger partial charge in [-0.05, 0) is 26.0 Å². The van der Waals surface area contributed by atoms with Crippen LogP contribution in [0.2, 0.25) is 5.02 Å². The highest BCUT2D eigenvalue weighted by atomic mass is 35.5. The fourth-order valence-electron chi connectivity index (χ4n) is 1.74. The zero-order valence-corrected chi connectivity index (χ0v) is 13.1. The second kappa shape index (κ2) is 6.78. The summed E-state index contributed by atoms with van der Waals surface area (Å²) in [4.78, 5) is 15.0. The molecule has 7 heteroatoms. The molecule has 0 unspecified atom stereocenters. The molecule has 112 valence electrons. The maximum Gasteiger partial charge on any atom is 0.355 e. The largest absolute Gasteiger partial charge is 0.490 e. The number of ether oxygens (including phenoxy) is 2. The first kappa shape index (κ1) is 15.6. The Hall–Kier alpha value is -1.79. The van der Waals surface area contributed by atoms with Gasteiger partial charge in [-0.2, -0.15) is 0 Å². The van der Waals surface area contributed by atoms with Gasteiger partial charge in [-0.1, -0.05) is 11.6 Å². The summed E-state index contributed by atoms with van der Waals surface area (Å²) in [5.74, 6) is -0.0479. The van der Waals surface area contributed by atoms with Crippen LogP contribution in [-0.4, -0.2) is 29.3 Å². The van der Waals surface area contributed by atoms with Crippen molar-refractivity contribution < 1.29 is 19.4 Å². The number of hydrogen-bond donors (Lipinski definition) is 1. The summed E-state index contributed by atoms with van der Waals surface area (Å²) >= 11 is 7.46.